The molecule has 0 bridgehead atoms. The number of hydrogen-bond donors (Lipinski definition) is 1. The standard InChI is InChI=1S/C9H15N3OS/c1-6(12-13-9(2,3)4)7-5-14-8(10)11-7/h5H,1-4H3,(H2,10,11)/b12-6-. The SMILES string of the molecule is C/C(=N/OC(C)(C)C)c1csc(N)n1. The number of nitrogen functional groups attached to an aromatic ring is 1. The molecule has 0 unspecified atom stereocenters. The van der Waals surface area contributed by atoms with E-state index in [4.69, 9.17) is 10.6 Å². The van der Waals surface area contributed by atoms with Crippen molar-refractivity contribution >= 4 is 22.2 Å². The molecule has 1 aromatic rings. The Morgan fingerprint density at radius 3 is 2.64 bits per heavy atom. The zero-order valence-electron chi connectivity index (χ0n) is 8.87. The fourth-order valence-corrected chi connectivity index (χ4v) is 1.31. The third-order valence-electron chi connectivity index (χ3n) is 1.35. The van der Waals surface area contributed by atoms with Gasteiger partial charge in [0, 0.05) is 5.38 Å². The molecular weight excluding hydrogens is 198 g/mol. The number of rotatable bonds is 2. The molecule has 14 heavy (non-hydrogen) atoms. The first-order valence-corrected chi connectivity index (χ1v) is 5.20. The molecule has 0 saturated carbocycles. The maximum Gasteiger partial charge on any atom is 0.180 e. The van der Waals surface area contributed by atoms with E-state index >= 15 is 0 Å². The number of hydrogen-bond acceptors (Lipinski definition) is 5. The van der Waals surface area contributed by atoms with Gasteiger partial charge in [0.2, 0.25) is 0 Å². The van der Waals surface area contributed by atoms with Gasteiger partial charge in [-0.05, 0) is 27.7 Å². The molecule has 0 spiro atoms. The van der Waals surface area contributed by atoms with Crippen molar-refractivity contribution in [2.24, 2.45) is 5.16 Å². The summed E-state index contributed by atoms with van der Waals surface area (Å²) < 4.78 is 0. The van der Waals surface area contributed by atoms with Gasteiger partial charge >= 0.3 is 0 Å². The first-order chi connectivity index (χ1) is 6.38. The predicted molar refractivity (Wildman–Crippen MR) is 59.6 cm³/mol. The summed E-state index contributed by atoms with van der Waals surface area (Å²) >= 11 is 1.40. The van der Waals surface area contributed by atoms with Gasteiger partial charge in [0.05, 0.1) is 0 Å². The van der Waals surface area contributed by atoms with E-state index in [9.17, 15) is 0 Å². The van der Waals surface area contributed by atoms with Crippen molar-refractivity contribution < 1.29 is 4.84 Å². The Morgan fingerprint density at radius 1 is 1.57 bits per heavy atom. The van der Waals surface area contributed by atoms with Gasteiger partial charge in [0.25, 0.3) is 0 Å². The Balaban J connectivity index is 2.70. The van der Waals surface area contributed by atoms with E-state index in [-0.39, 0.29) is 5.60 Å². The summed E-state index contributed by atoms with van der Waals surface area (Å²) in [4.78, 5) is 9.36. The second-order valence-corrected chi connectivity index (χ2v) is 4.84. The highest BCUT2D eigenvalue weighted by Crippen LogP contribution is 2.13. The highest BCUT2D eigenvalue weighted by atomic mass is 32.1. The maximum atomic E-state index is 5.51. The van der Waals surface area contributed by atoms with Gasteiger partial charge in [-0.25, -0.2) is 4.98 Å². The monoisotopic (exact) mass is 213 g/mol. The summed E-state index contributed by atoms with van der Waals surface area (Å²) in [5.74, 6) is 0. The molecule has 0 fully saturated rings. The molecule has 5 heteroatoms. The normalized spacial score (nSPS) is 13.0. The molecule has 0 saturated heterocycles. The molecule has 0 aliphatic rings. The fraction of sp³-hybridized carbons (Fsp3) is 0.556. The number of oxime groups is 1. The summed E-state index contributed by atoms with van der Waals surface area (Å²) in [5, 5.41) is 6.39. The Morgan fingerprint density at radius 2 is 2.21 bits per heavy atom. The van der Waals surface area contributed by atoms with Crippen LogP contribution in [0.4, 0.5) is 5.13 Å². The molecule has 0 aliphatic heterocycles. The summed E-state index contributed by atoms with van der Waals surface area (Å²) in [6.45, 7) is 7.68. The van der Waals surface area contributed by atoms with Crippen LogP contribution in [0.1, 0.15) is 33.4 Å². The van der Waals surface area contributed by atoms with Gasteiger partial charge in [0.1, 0.15) is 17.0 Å². The Labute approximate surface area is 87.8 Å². The molecular formula is C9H15N3OS. The van der Waals surface area contributed by atoms with Gasteiger partial charge < -0.3 is 10.6 Å². The number of nitrogens with zero attached hydrogens (tertiary/aromatic N) is 2. The van der Waals surface area contributed by atoms with Crippen LogP contribution in [0.15, 0.2) is 10.5 Å². The highest BCUT2D eigenvalue weighted by molar-refractivity contribution is 7.13. The second-order valence-electron chi connectivity index (χ2n) is 3.95. The van der Waals surface area contributed by atoms with Gasteiger partial charge in [-0.15, -0.1) is 11.3 Å². The fourth-order valence-electron chi connectivity index (χ4n) is 0.706. The van der Waals surface area contributed by atoms with Crippen LogP contribution in [-0.4, -0.2) is 16.3 Å². The van der Waals surface area contributed by atoms with Crippen molar-refractivity contribution in [1.29, 1.82) is 0 Å². The summed E-state index contributed by atoms with van der Waals surface area (Å²) in [6, 6.07) is 0. The molecule has 0 aliphatic carbocycles. The van der Waals surface area contributed by atoms with Crippen LogP contribution in [0.25, 0.3) is 0 Å². The van der Waals surface area contributed by atoms with E-state index in [1.807, 2.05) is 33.1 Å². The van der Waals surface area contributed by atoms with Crippen LogP contribution in [0, 0.1) is 0 Å². The number of aromatic nitrogens is 1. The summed E-state index contributed by atoms with van der Waals surface area (Å²) in [5.41, 5.74) is 6.75. The average molecular weight is 213 g/mol. The zero-order valence-corrected chi connectivity index (χ0v) is 9.68. The van der Waals surface area contributed by atoms with E-state index in [0.717, 1.165) is 11.4 Å². The smallest absolute Gasteiger partial charge is 0.180 e. The van der Waals surface area contributed by atoms with E-state index in [1.54, 1.807) is 0 Å². The molecule has 4 nitrogen and oxygen atoms in total. The topological polar surface area (TPSA) is 60.5 Å². The minimum absolute atomic E-state index is 0.275. The molecule has 1 heterocycles. The van der Waals surface area contributed by atoms with E-state index < -0.39 is 0 Å². The minimum atomic E-state index is -0.275. The van der Waals surface area contributed by atoms with Crippen molar-refractivity contribution in [3.8, 4) is 0 Å². The lowest BCUT2D eigenvalue weighted by molar-refractivity contribution is 0.000927. The quantitative estimate of drug-likeness (QED) is 0.605. The van der Waals surface area contributed by atoms with Crippen LogP contribution < -0.4 is 5.73 Å². The highest BCUT2D eigenvalue weighted by Gasteiger charge is 2.11. The molecule has 78 valence electrons. The number of thiazole rings is 1. The van der Waals surface area contributed by atoms with E-state index in [1.165, 1.54) is 11.3 Å². The van der Waals surface area contributed by atoms with Gasteiger partial charge in [0.15, 0.2) is 5.13 Å². The molecule has 1 rings (SSSR count). The van der Waals surface area contributed by atoms with Crippen molar-refractivity contribution in [2.45, 2.75) is 33.3 Å². The largest absolute Gasteiger partial charge is 0.390 e. The lowest BCUT2D eigenvalue weighted by Gasteiger charge is -2.15. The Hall–Kier alpha value is -1.10. The molecule has 0 radical (unpaired) electrons. The van der Waals surface area contributed by atoms with E-state index in [2.05, 4.69) is 10.1 Å². The third-order valence-corrected chi connectivity index (χ3v) is 2.02. The Kier molecular flexibility index (Phi) is 3.10. The van der Waals surface area contributed by atoms with Crippen molar-refractivity contribution in [3.05, 3.63) is 11.1 Å². The van der Waals surface area contributed by atoms with Gasteiger partial charge in [-0.2, -0.15) is 0 Å². The van der Waals surface area contributed by atoms with Gasteiger partial charge in [-0.3, -0.25) is 0 Å². The van der Waals surface area contributed by atoms with Crippen molar-refractivity contribution in [2.75, 3.05) is 5.73 Å². The first-order valence-electron chi connectivity index (χ1n) is 4.32. The average Bonchev–Trinajstić information content (AvgIpc) is 2.46. The van der Waals surface area contributed by atoms with E-state index in [0.29, 0.717) is 5.13 Å². The van der Waals surface area contributed by atoms with Crippen molar-refractivity contribution in [3.63, 3.8) is 0 Å². The zero-order chi connectivity index (χ0) is 10.8. The molecule has 0 atom stereocenters. The van der Waals surface area contributed by atoms with Crippen LogP contribution >= 0.6 is 11.3 Å². The van der Waals surface area contributed by atoms with Crippen LogP contribution in [-0.2, 0) is 4.84 Å². The maximum absolute atomic E-state index is 5.51. The molecule has 2 N–H and O–H groups in total. The molecule has 0 aromatic carbocycles. The summed E-state index contributed by atoms with van der Waals surface area (Å²) in [7, 11) is 0. The second kappa shape index (κ2) is 3.96. The third kappa shape index (κ3) is 3.33. The van der Waals surface area contributed by atoms with Crippen molar-refractivity contribution in [1.82, 2.24) is 4.98 Å². The number of anilines is 1. The van der Waals surface area contributed by atoms with Crippen LogP contribution in [0.5, 0.6) is 0 Å². The van der Waals surface area contributed by atoms with Crippen LogP contribution in [0.3, 0.4) is 0 Å². The molecule has 1 aromatic heterocycles. The minimum Gasteiger partial charge on any atom is -0.390 e. The lowest BCUT2D eigenvalue weighted by Crippen LogP contribution is -2.16. The van der Waals surface area contributed by atoms with Gasteiger partial charge in [-0.1, -0.05) is 5.16 Å². The molecule has 0 amide bonds. The van der Waals surface area contributed by atoms with Crippen LogP contribution in [0.2, 0.25) is 0 Å². The summed E-state index contributed by atoms with van der Waals surface area (Å²) in [6.07, 6.45) is 0. The Bertz CT molecular complexity index is 338. The number of nitrogens with two attached hydrogens (primary N) is 1. The first kappa shape index (κ1) is 11.0. The lowest BCUT2D eigenvalue weighted by atomic mass is 10.2. The predicted octanol–water partition coefficient (Wildman–Crippen LogP) is 2.26.